The monoisotopic (exact) mass is 200 g/mol. The maximum atomic E-state index is 12.8. The van der Waals surface area contributed by atoms with Crippen LogP contribution in [-0.2, 0) is 4.74 Å². The maximum absolute atomic E-state index is 12.8. The molecule has 0 radical (unpaired) electrons. The third kappa shape index (κ3) is 3.05. The van der Waals surface area contributed by atoms with Gasteiger partial charge in [0, 0.05) is 6.07 Å². The molecule has 3 nitrogen and oxygen atoms in total. The van der Waals surface area contributed by atoms with Gasteiger partial charge < -0.3 is 9.84 Å². The van der Waals surface area contributed by atoms with Crippen LogP contribution >= 0.6 is 0 Å². The van der Waals surface area contributed by atoms with Gasteiger partial charge in [0.2, 0.25) is 0 Å². The fourth-order valence-corrected chi connectivity index (χ4v) is 0.780. The average molecular weight is 200 g/mol. The number of hydrogen-bond acceptors (Lipinski definition) is 3. The van der Waals surface area contributed by atoms with Gasteiger partial charge >= 0.3 is 5.97 Å². The number of phenolic OH excluding ortho intramolecular Hbond substituents is 1. The summed E-state index contributed by atoms with van der Waals surface area (Å²) in [6.07, 6.45) is 0. The second-order valence-corrected chi connectivity index (χ2v) is 2.16. The Labute approximate surface area is 82.1 Å². The minimum Gasteiger partial charge on any atom is -0.508 e. The zero-order valence-electron chi connectivity index (χ0n) is 8.37. The van der Waals surface area contributed by atoms with Crippen molar-refractivity contribution in [1.82, 2.24) is 0 Å². The van der Waals surface area contributed by atoms with Crippen LogP contribution in [0.3, 0.4) is 0 Å². The number of aromatic hydroxyl groups is 1. The largest absolute Gasteiger partial charge is 0.508 e. The van der Waals surface area contributed by atoms with Crippen LogP contribution in [0.1, 0.15) is 24.2 Å². The molecule has 0 fully saturated rings. The number of methoxy groups -OCH3 is 1. The Morgan fingerprint density at radius 3 is 2.43 bits per heavy atom. The summed E-state index contributed by atoms with van der Waals surface area (Å²) in [7, 11) is 1.16. The van der Waals surface area contributed by atoms with Gasteiger partial charge in [0.05, 0.1) is 12.7 Å². The number of benzene rings is 1. The van der Waals surface area contributed by atoms with Gasteiger partial charge in [0.15, 0.2) is 0 Å². The average Bonchev–Trinajstić information content (AvgIpc) is 2.20. The van der Waals surface area contributed by atoms with E-state index in [-0.39, 0.29) is 11.3 Å². The molecule has 0 heterocycles. The Hall–Kier alpha value is -1.58. The second-order valence-electron chi connectivity index (χ2n) is 2.16. The van der Waals surface area contributed by atoms with Gasteiger partial charge in [-0.3, -0.25) is 0 Å². The third-order valence-electron chi connectivity index (χ3n) is 1.36. The number of esters is 1. The van der Waals surface area contributed by atoms with Crippen molar-refractivity contribution in [3.8, 4) is 5.75 Å². The SMILES string of the molecule is CC.COC(=O)c1ccc(O)cc1F. The molecule has 0 aliphatic heterocycles. The van der Waals surface area contributed by atoms with E-state index in [0.29, 0.717) is 0 Å². The summed E-state index contributed by atoms with van der Waals surface area (Å²) < 4.78 is 17.1. The van der Waals surface area contributed by atoms with E-state index in [1.807, 2.05) is 13.8 Å². The first-order chi connectivity index (χ1) is 6.65. The van der Waals surface area contributed by atoms with Crippen LogP contribution in [0.4, 0.5) is 4.39 Å². The van der Waals surface area contributed by atoms with Crippen molar-refractivity contribution in [1.29, 1.82) is 0 Å². The summed E-state index contributed by atoms with van der Waals surface area (Å²) in [5, 5.41) is 8.80. The third-order valence-corrected chi connectivity index (χ3v) is 1.36. The van der Waals surface area contributed by atoms with Gasteiger partial charge in [-0.25, -0.2) is 9.18 Å². The molecule has 0 saturated heterocycles. The van der Waals surface area contributed by atoms with Crippen molar-refractivity contribution in [3.63, 3.8) is 0 Å². The predicted octanol–water partition coefficient (Wildman–Crippen LogP) is 2.34. The first kappa shape index (κ1) is 12.4. The molecule has 0 saturated carbocycles. The molecule has 1 aromatic carbocycles. The predicted molar refractivity (Wildman–Crippen MR) is 50.8 cm³/mol. The quantitative estimate of drug-likeness (QED) is 0.708. The zero-order valence-corrected chi connectivity index (χ0v) is 8.37. The fourth-order valence-electron chi connectivity index (χ4n) is 0.780. The number of carbonyl (C=O) groups is 1. The number of carbonyl (C=O) groups excluding carboxylic acids is 1. The van der Waals surface area contributed by atoms with E-state index in [4.69, 9.17) is 5.11 Å². The smallest absolute Gasteiger partial charge is 0.340 e. The normalized spacial score (nSPS) is 8.57. The Kier molecular flexibility index (Phi) is 5.29. The van der Waals surface area contributed by atoms with E-state index in [0.717, 1.165) is 19.2 Å². The molecule has 0 aliphatic carbocycles. The molecule has 0 aliphatic rings. The van der Waals surface area contributed by atoms with E-state index in [1.54, 1.807) is 0 Å². The van der Waals surface area contributed by atoms with Gasteiger partial charge in [-0.2, -0.15) is 0 Å². The molecule has 0 aromatic heterocycles. The highest BCUT2D eigenvalue weighted by Crippen LogP contribution is 2.15. The van der Waals surface area contributed by atoms with Crippen molar-refractivity contribution in [2.24, 2.45) is 0 Å². The highest BCUT2D eigenvalue weighted by atomic mass is 19.1. The minimum atomic E-state index is -0.790. The summed E-state index contributed by atoms with van der Waals surface area (Å²) in [6.45, 7) is 4.00. The Morgan fingerprint density at radius 2 is 2.00 bits per heavy atom. The molecule has 1 aromatic rings. The molecule has 0 spiro atoms. The molecule has 0 unspecified atom stereocenters. The lowest BCUT2D eigenvalue weighted by Gasteiger charge is -2.00. The first-order valence-electron chi connectivity index (χ1n) is 4.22. The summed E-state index contributed by atoms with van der Waals surface area (Å²) in [4.78, 5) is 10.8. The highest BCUT2D eigenvalue weighted by molar-refractivity contribution is 5.89. The summed E-state index contributed by atoms with van der Waals surface area (Å²) in [6, 6.07) is 3.23. The first-order valence-corrected chi connectivity index (χ1v) is 4.22. The van der Waals surface area contributed by atoms with Gasteiger partial charge in [0.1, 0.15) is 11.6 Å². The lowest BCUT2D eigenvalue weighted by molar-refractivity contribution is 0.0595. The van der Waals surface area contributed by atoms with Crippen LogP contribution < -0.4 is 0 Å². The molecule has 1 rings (SSSR count). The summed E-state index contributed by atoms with van der Waals surface area (Å²) in [5.74, 6) is -1.77. The van der Waals surface area contributed by atoms with Crippen LogP contribution in [0.25, 0.3) is 0 Å². The van der Waals surface area contributed by atoms with E-state index < -0.39 is 11.8 Å². The van der Waals surface area contributed by atoms with Crippen LogP contribution in [-0.4, -0.2) is 18.2 Å². The number of ether oxygens (including phenoxy) is 1. The van der Waals surface area contributed by atoms with Gasteiger partial charge in [-0.15, -0.1) is 0 Å². The number of phenols is 1. The molecule has 78 valence electrons. The zero-order chi connectivity index (χ0) is 11.1. The standard InChI is InChI=1S/C8H7FO3.C2H6/c1-12-8(11)6-3-2-5(10)4-7(6)9;1-2/h2-4,10H,1H3;1-2H3. The van der Waals surface area contributed by atoms with Crippen molar-refractivity contribution < 1.29 is 19.0 Å². The number of rotatable bonds is 1. The van der Waals surface area contributed by atoms with Gasteiger partial charge in [-0.05, 0) is 12.1 Å². The Bertz CT molecular complexity index is 310. The lowest BCUT2D eigenvalue weighted by Crippen LogP contribution is -2.03. The minimum absolute atomic E-state index is 0.185. The lowest BCUT2D eigenvalue weighted by atomic mass is 10.2. The van der Waals surface area contributed by atoms with Crippen molar-refractivity contribution in [2.75, 3.05) is 7.11 Å². The van der Waals surface area contributed by atoms with Crippen LogP contribution in [0.2, 0.25) is 0 Å². The van der Waals surface area contributed by atoms with E-state index in [9.17, 15) is 9.18 Å². The maximum Gasteiger partial charge on any atom is 0.340 e. The molecule has 0 atom stereocenters. The van der Waals surface area contributed by atoms with Gasteiger partial charge in [-0.1, -0.05) is 13.8 Å². The number of halogens is 1. The molecule has 1 N–H and O–H groups in total. The van der Waals surface area contributed by atoms with Crippen molar-refractivity contribution in [2.45, 2.75) is 13.8 Å². The van der Waals surface area contributed by atoms with E-state index >= 15 is 0 Å². The Morgan fingerprint density at radius 1 is 1.43 bits per heavy atom. The molecule has 0 bridgehead atoms. The van der Waals surface area contributed by atoms with Crippen molar-refractivity contribution >= 4 is 5.97 Å². The molecule has 0 amide bonds. The highest BCUT2D eigenvalue weighted by Gasteiger charge is 2.11. The second kappa shape index (κ2) is 5.96. The van der Waals surface area contributed by atoms with Gasteiger partial charge in [0.25, 0.3) is 0 Å². The van der Waals surface area contributed by atoms with Crippen LogP contribution in [0.5, 0.6) is 5.75 Å². The molecular weight excluding hydrogens is 187 g/mol. The number of hydrogen-bond donors (Lipinski definition) is 1. The topological polar surface area (TPSA) is 46.5 Å². The fraction of sp³-hybridized carbons (Fsp3) is 0.300. The van der Waals surface area contributed by atoms with E-state index in [1.165, 1.54) is 6.07 Å². The Balaban J connectivity index is 0.000000791. The molecule has 4 heteroatoms. The van der Waals surface area contributed by atoms with Crippen LogP contribution in [0.15, 0.2) is 18.2 Å². The van der Waals surface area contributed by atoms with Crippen molar-refractivity contribution in [3.05, 3.63) is 29.6 Å². The summed E-state index contributed by atoms with van der Waals surface area (Å²) in [5.41, 5.74) is -0.185. The molecular formula is C10H13FO3. The van der Waals surface area contributed by atoms with Crippen LogP contribution in [0, 0.1) is 5.82 Å². The van der Waals surface area contributed by atoms with E-state index in [2.05, 4.69) is 4.74 Å². The summed E-state index contributed by atoms with van der Waals surface area (Å²) >= 11 is 0. The molecule has 14 heavy (non-hydrogen) atoms.